The van der Waals surface area contributed by atoms with E-state index >= 15 is 0 Å². The van der Waals surface area contributed by atoms with Crippen molar-refractivity contribution in [3.05, 3.63) is 29.8 Å². The van der Waals surface area contributed by atoms with Crippen LogP contribution in [0.1, 0.15) is 32.3 Å². The van der Waals surface area contributed by atoms with Crippen LogP contribution in [0.2, 0.25) is 0 Å². The Kier molecular flexibility index (Phi) is 6.22. The van der Waals surface area contributed by atoms with E-state index in [4.69, 9.17) is 0 Å². The molecule has 1 rings (SSSR count). The first-order valence-electron chi connectivity index (χ1n) is 6.47. The molecule has 0 aromatic heterocycles. The van der Waals surface area contributed by atoms with Crippen molar-refractivity contribution < 1.29 is 9.90 Å². The standard InChI is InChI=1S/C14H22N2O2/c1-3-6-13(17)10-15-14(18)16-12-8-5-7-11(4-2)9-12/h5,7-9,13,17H,3-4,6,10H2,1-2H3,(H2,15,16,18). The van der Waals surface area contributed by atoms with E-state index in [1.165, 1.54) is 5.56 Å². The lowest BCUT2D eigenvalue weighted by atomic mass is 10.1. The van der Waals surface area contributed by atoms with E-state index in [0.717, 1.165) is 18.5 Å². The third-order valence-electron chi connectivity index (χ3n) is 2.71. The van der Waals surface area contributed by atoms with Crippen molar-refractivity contribution in [1.82, 2.24) is 5.32 Å². The predicted octanol–water partition coefficient (Wildman–Crippen LogP) is 2.53. The van der Waals surface area contributed by atoms with Gasteiger partial charge in [0.2, 0.25) is 0 Å². The van der Waals surface area contributed by atoms with Crippen molar-refractivity contribution >= 4 is 11.7 Å². The van der Waals surface area contributed by atoms with Crippen LogP contribution in [0.15, 0.2) is 24.3 Å². The van der Waals surface area contributed by atoms with Crippen LogP contribution in [0, 0.1) is 0 Å². The Hall–Kier alpha value is -1.55. The van der Waals surface area contributed by atoms with Crippen molar-refractivity contribution in [3.8, 4) is 0 Å². The second-order valence-electron chi connectivity index (χ2n) is 4.33. The lowest BCUT2D eigenvalue weighted by Gasteiger charge is -2.12. The molecule has 0 spiro atoms. The molecule has 18 heavy (non-hydrogen) atoms. The molecule has 0 aliphatic heterocycles. The van der Waals surface area contributed by atoms with Crippen LogP contribution < -0.4 is 10.6 Å². The van der Waals surface area contributed by atoms with Gasteiger partial charge in [0.1, 0.15) is 0 Å². The molecule has 1 aromatic rings. The van der Waals surface area contributed by atoms with Crippen molar-refractivity contribution in [1.29, 1.82) is 0 Å². The predicted molar refractivity (Wildman–Crippen MR) is 73.8 cm³/mol. The molecule has 0 saturated carbocycles. The summed E-state index contributed by atoms with van der Waals surface area (Å²) in [6, 6.07) is 7.45. The molecule has 4 heteroatoms. The first-order valence-corrected chi connectivity index (χ1v) is 6.47. The molecule has 1 atom stereocenters. The first-order chi connectivity index (χ1) is 8.65. The number of nitrogens with one attached hydrogen (secondary N) is 2. The third kappa shape index (κ3) is 5.19. The molecule has 0 saturated heterocycles. The Morgan fingerprint density at radius 1 is 1.39 bits per heavy atom. The van der Waals surface area contributed by atoms with Gasteiger partial charge >= 0.3 is 6.03 Å². The van der Waals surface area contributed by atoms with Crippen LogP contribution in [0.3, 0.4) is 0 Å². The zero-order valence-corrected chi connectivity index (χ0v) is 11.1. The van der Waals surface area contributed by atoms with Gasteiger partial charge in [0.05, 0.1) is 6.10 Å². The SMILES string of the molecule is CCCC(O)CNC(=O)Nc1cccc(CC)c1. The zero-order valence-electron chi connectivity index (χ0n) is 11.1. The van der Waals surface area contributed by atoms with Gasteiger partial charge < -0.3 is 15.7 Å². The summed E-state index contributed by atoms with van der Waals surface area (Å²) in [6.45, 7) is 4.35. The van der Waals surface area contributed by atoms with Gasteiger partial charge in [-0.05, 0) is 30.5 Å². The van der Waals surface area contributed by atoms with Crippen molar-refractivity contribution in [2.45, 2.75) is 39.2 Å². The van der Waals surface area contributed by atoms with E-state index in [2.05, 4.69) is 17.6 Å². The van der Waals surface area contributed by atoms with Crippen LogP contribution in [-0.4, -0.2) is 23.8 Å². The molecule has 4 nitrogen and oxygen atoms in total. The summed E-state index contributed by atoms with van der Waals surface area (Å²) >= 11 is 0. The summed E-state index contributed by atoms with van der Waals surface area (Å²) < 4.78 is 0. The van der Waals surface area contributed by atoms with Gasteiger partial charge in [0.25, 0.3) is 0 Å². The fourth-order valence-electron chi connectivity index (χ4n) is 1.69. The number of hydrogen-bond acceptors (Lipinski definition) is 2. The molecule has 0 aliphatic rings. The first kappa shape index (κ1) is 14.5. The van der Waals surface area contributed by atoms with Gasteiger partial charge in [-0.1, -0.05) is 32.4 Å². The summed E-state index contributed by atoms with van der Waals surface area (Å²) in [5, 5.41) is 14.9. The molecule has 0 fully saturated rings. The number of benzene rings is 1. The molecule has 0 bridgehead atoms. The fourth-order valence-corrected chi connectivity index (χ4v) is 1.69. The van der Waals surface area contributed by atoms with Gasteiger partial charge in [-0.15, -0.1) is 0 Å². The smallest absolute Gasteiger partial charge is 0.319 e. The molecule has 0 heterocycles. The minimum Gasteiger partial charge on any atom is -0.391 e. The quantitative estimate of drug-likeness (QED) is 0.726. The molecule has 100 valence electrons. The molecule has 2 amide bonds. The highest BCUT2D eigenvalue weighted by Gasteiger charge is 2.06. The van der Waals surface area contributed by atoms with Gasteiger partial charge in [-0.2, -0.15) is 0 Å². The van der Waals surface area contributed by atoms with E-state index in [0.29, 0.717) is 6.42 Å². The average Bonchev–Trinajstić information content (AvgIpc) is 2.37. The molecule has 1 aromatic carbocycles. The molecule has 0 aliphatic carbocycles. The van der Waals surface area contributed by atoms with Gasteiger partial charge in [-0.3, -0.25) is 0 Å². The number of carbonyl (C=O) groups excluding carboxylic acids is 1. The number of urea groups is 1. The van der Waals surface area contributed by atoms with E-state index in [1.807, 2.05) is 31.2 Å². The molecular formula is C14H22N2O2. The Balaban J connectivity index is 2.39. The average molecular weight is 250 g/mol. The summed E-state index contributed by atoms with van der Waals surface area (Å²) in [7, 11) is 0. The van der Waals surface area contributed by atoms with E-state index < -0.39 is 6.10 Å². The maximum Gasteiger partial charge on any atom is 0.319 e. The highest BCUT2D eigenvalue weighted by Crippen LogP contribution is 2.10. The second-order valence-corrected chi connectivity index (χ2v) is 4.33. The molecule has 3 N–H and O–H groups in total. The minimum absolute atomic E-state index is 0.279. The summed E-state index contributed by atoms with van der Waals surface area (Å²) in [4.78, 5) is 11.6. The van der Waals surface area contributed by atoms with Crippen molar-refractivity contribution in [3.63, 3.8) is 0 Å². The Morgan fingerprint density at radius 3 is 2.83 bits per heavy atom. The van der Waals surface area contributed by atoms with Gasteiger partial charge in [0, 0.05) is 12.2 Å². The maximum atomic E-state index is 11.6. The van der Waals surface area contributed by atoms with E-state index in [-0.39, 0.29) is 12.6 Å². The molecular weight excluding hydrogens is 228 g/mol. The number of hydrogen-bond donors (Lipinski definition) is 3. The Labute approximate surface area is 108 Å². The van der Waals surface area contributed by atoms with E-state index in [1.54, 1.807) is 0 Å². The van der Waals surface area contributed by atoms with Gasteiger partial charge in [-0.25, -0.2) is 4.79 Å². The van der Waals surface area contributed by atoms with E-state index in [9.17, 15) is 9.90 Å². The zero-order chi connectivity index (χ0) is 13.4. The normalized spacial score (nSPS) is 11.9. The summed E-state index contributed by atoms with van der Waals surface area (Å²) in [5.41, 5.74) is 1.95. The highest BCUT2D eigenvalue weighted by molar-refractivity contribution is 5.89. The summed E-state index contributed by atoms with van der Waals surface area (Å²) in [5.74, 6) is 0. The number of rotatable bonds is 6. The highest BCUT2D eigenvalue weighted by atomic mass is 16.3. The number of aryl methyl sites for hydroxylation is 1. The van der Waals surface area contributed by atoms with Gasteiger partial charge in [0.15, 0.2) is 0 Å². The Morgan fingerprint density at radius 2 is 2.17 bits per heavy atom. The second kappa shape index (κ2) is 7.71. The minimum atomic E-state index is -0.470. The lowest BCUT2D eigenvalue weighted by molar-refractivity contribution is 0.162. The Bertz CT molecular complexity index is 380. The molecule has 1 unspecified atom stereocenters. The number of aliphatic hydroxyl groups is 1. The molecule has 0 radical (unpaired) electrons. The van der Waals surface area contributed by atoms with Crippen LogP contribution in [0.5, 0.6) is 0 Å². The van der Waals surface area contributed by atoms with Crippen molar-refractivity contribution in [2.75, 3.05) is 11.9 Å². The van der Waals surface area contributed by atoms with Crippen LogP contribution in [-0.2, 0) is 6.42 Å². The van der Waals surface area contributed by atoms with Crippen molar-refractivity contribution in [2.24, 2.45) is 0 Å². The number of amides is 2. The number of carbonyl (C=O) groups is 1. The lowest BCUT2D eigenvalue weighted by Crippen LogP contribution is -2.35. The van der Waals surface area contributed by atoms with Crippen LogP contribution in [0.25, 0.3) is 0 Å². The number of anilines is 1. The third-order valence-corrected chi connectivity index (χ3v) is 2.71. The largest absolute Gasteiger partial charge is 0.391 e. The van der Waals surface area contributed by atoms with Crippen LogP contribution >= 0.6 is 0 Å². The topological polar surface area (TPSA) is 61.4 Å². The summed E-state index contributed by atoms with van der Waals surface area (Å²) in [6.07, 6.45) is 2.07. The fraction of sp³-hybridized carbons (Fsp3) is 0.500. The maximum absolute atomic E-state index is 11.6. The number of aliphatic hydroxyl groups excluding tert-OH is 1. The monoisotopic (exact) mass is 250 g/mol. The van der Waals surface area contributed by atoms with Crippen LogP contribution in [0.4, 0.5) is 10.5 Å².